The number of hydrogen-bond acceptors (Lipinski definition) is 2. The second-order valence-corrected chi connectivity index (χ2v) is 3.94. The maximum absolute atomic E-state index is 13.0. The first kappa shape index (κ1) is 12.0. The lowest BCUT2D eigenvalue weighted by atomic mass is 9.86. The molecule has 1 aliphatic carbocycles. The first-order chi connectivity index (χ1) is 7.95. The summed E-state index contributed by atoms with van der Waals surface area (Å²) in [7, 11) is 1.20. The fraction of sp³-hybridized carbons (Fsp3) is 0.417. The van der Waals surface area contributed by atoms with Crippen molar-refractivity contribution < 1.29 is 22.7 Å². The van der Waals surface area contributed by atoms with E-state index >= 15 is 0 Å². The SMILES string of the molecule is COc1ccc2c(c1C(F)(F)F)CCCC2=O. The lowest BCUT2D eigenvalue weighted by Gasteiger charge is -2.22. The van der Waals surface area contributed by atoms with Crippen molar-refractivity contribution in [3.63, 3.8) is 0 Å². The summed E-state index contributed by atoms with van der Waals surface area (Å²) < 4.78 is 43.6. The van der Waals surface area contributed by atoms with Crippen LogP contribution in [0.1, 0.15) is 34.3 Å². The molecule has 2 nitrogen and oxygen atoms in total. The van der Waals surface area contributed by atoms with Crippen LogP contribution in [0.5, 0.6) is 5.75 Å². The van der Waals surface area contributed by atoms with E-state index in [9.17, 15) is 18.0 Å². The van der Waals surface area contributed by atoms with E-state index in [4.69, 9.17) is 4.74 Å². The number of hydrogen-bond donors (Lipinski definition) is 0. The molecule has 0 unspecified atom stereocenters. The zero-order valence-corrected chi connectivity index (χ0v) is 9.23. The minimum Gasteiger partial charge on any atom is -0.496 e. The third-order valence-corrected chi connectivity index (χ3v) is 2.91. The Kier molecular flexibility index (Phi) is 2.85. The van der Waals surface area contributed by atoms with Gasteiger partial charge in [-0.25, -0.2) is 0 Å². The second-order valence-electron chi connectivity index (χ2n) is 3.94. The highest BCUT2D eigenvalue weighted by molar-refractivity contribution is 5.99. The summed E-state index contributed by atoms with van der Waals surface area (Å²) in [5.74, 6) is -0.439. The van der Waals surface area contributed by atoms with Gasteiger partial charge in [0.1, 0.15) is 11.3 Å². The molecular formula is C12H11F3O2. The molecule has 0 atom stereocenters. The van der Waals surface area contributed by atoms with Crippen molar-refractivity contribution in [2.45, 2.75) is 25.4 Å². The molecule has 0 amide bonds. The van der Waals surface area contributed by atoms with Crippen LogP contribution in [0.3, 0.4) is 0 Å². The minimum absolute atomic E-state index is 0.0769. The van der Waals surface area contributed by atoms with Crippen molar-refractivity contribution in [3.8, 4) is 5.75 Å². The Morgan fingerprint density at radius 3 is 2.53 bits per heavy atom. The lowest BCUT2D eigenvalue weighted by molar-refractivity contribution is -0.139. The van der Waals surface area contributed by atoms with E-state index in [1.807, 2.05) is 0 Å². The van der Waals surface area contributed by atoms with Gasteiger partial charge in [0.05, 0.1) is 7.11 Å². The summed E-state index contributed by atoms with van der Waals surface area (Å²) in [6, 6.07) is 2.63. The molecule has 0 saturated carbocycles. The third kappa shape index (κ3) is 2.01. The molecule has 1 aromatic rings. The number of Topliss-reactive ketones (excluding diaryl/α,β-unsaturated/α-hetero) is 1. The molecule has 0 heterocycles. The molecule has 0 N–H and O–H groups in total. The number of carbonyl (C=O) groups is 1. The molecule has 0 spiro atoms. The Labute approximate surface area is 96.4 Å². The fourth-order valence-corrected chi connectivity index (χ4v) is 2.19. The molecular weight excluding hydrogens is 233 g/mol. The summed E-state index contributed by atoms with van der Waals surface area (Å²) in [5, 5.41) is 0. The van der Waals surface area contributed by atoms with E-state index in [1.165, 1.54) is 19.2 Å². The van der Waals surface area contributed by atoms with Crippen LogP contribution in [-0.4, -0.2) is 12.9 Å². The highest BCUT2D eigenvalue weighted by Gasteiger charge is 2.39. The predicted octanol–water partition coefficient (Wildman–Crippen LogP) is 3.23. The largest absolute Gasteiger partial charge is 0.496 e. The number of ether oxygens (including phenoxy) is 1. The Morgan fingerprint density at radius 1 is 1.24 bits per heavy atom. The van der Waals surface area contributed by atoms with Crippen molar-refractivity contribution in [1.29, 1.82) is 0 Å². The highest BCUT2D eigenvalue weighted by Crippen LogP contribution is 2.42. The molecule has 5 heteroatoms. The van der Waals surface area contributed by atoms with Crippen molar-refractivity contribution in [3.05, 3.63) is 28.8 Å². The Balaban J connectivity index is 2.69. The first-order valence-electron chi connectivity index (χ1n) is 5.25. The maximum atomic E-state index is 13.0. The van der Waals surface area contributed by atoms with Crippen LogP contribution in [0.2, 0.25) is 0 Å². The molecule has 1 aromatic carbocycles. The van der Waals surface area contributed by atoms with E-state index < -0.39 is 11.7 Å². The van der Waals surface area contributed by atoms with Crippen LogP contribution in [0.25, 0.3) is 0 Å². The quantitative estimate of drug-likeness (QED) is 0.758. The molecule has 0 fully saturated rings. The third-order valence-electron chi connectivity index (χ3n) is 2.91. The topological polar surface area (TPSA) is 26.3 Å². The lowest BCUT2D eigenvalue weighted by Crippen LogP contribution is -2.19. The predicted molar refractivity (Wildman–Crippen MR) is 55.3 cm³/mol. The molecule has 0 bridgehead atoms. The Morgan fingerprint density at radius 2 is 1.94 bits per heavy atom. The van der Waals surface area contributed by atoms with Gasteiger partial charge in [-0.1, -0.05) is 0 Å². The molecule has 17 heavy (non-hydrogen) atoms. The molecule has 92 valence electrons. The van der Waals surface area contributed by atoms with E-state index in [0.717, 1.165) is 0 Å². The monoisotopic (exact) mass is 244 g/mol. The second kappa shape index (κ2) is 4.05. The molecule has 2 rings (SSSR count). The number of alkyl halides is 3. The van der Waals surface area contributed by atoms with Gasteiger partial charge < -0.3 is 4.74 Å². The maximum Gasteiger partial charge on any atom is 0.420 e. The summed E-state index contributed by atoms with van der Waals surface area (Å²) >= 11 is 0. The minimum atomic E-state index is -4.49. The van der Waals surface area contributed by atoms with Crippen LogP contribution in [0.4, 0.5) is 13.2 Å². The summed E-state index contributed by atoms with van der Waals surface area (Å²) in [4.78, 5) is 11.6. The van der Waals surface area contributed by atoms with Gasteiger partial charge in [0.15, 0.2) is 5.78 Å². The summed E-state index contributed by atoms with van der Waals surface area (Å²) in [5.41, 5.74) is -0.539. The Hall–Kier alpha value is -1.52. The van der Waals surface area contributed by atoms with Gasteiger partial charge in [-0.15, -0.1) is 0 Å². The zero-order valence-electron chi connectivity index (χ0n) is 9.23. The first-order valence-corrected chi connectivity index (χ1v) is 5.25. The normalized spacial score (nSPS) is 15.6. The molecule has 1 aliphatic rings. The number of benzene rings is 1. The van der Waals surface area contributed by atoms with Crippen LogP contribution >= 0.6 is 0 Å². The van der Waals surface area contributed by atoms with Crippen molar-refractivity contribution in [1.82, 2.24) is 0 Å². The fourth-order valence-electron chi connectivity index (χ4n) is 2.19. The van der Waals surface area contributed by atoms with E-state index in [1.54, 1.807) is 0 Å². The van der Waals surface area contributed by atoms with Gasteiger partial charge in [0, 0.05) is 12.0 Å². The summed E-state index contributed by atoms with van der Waals surface area (Å²) in [6.45, 7) is 0. The van der Waals surface area contributed by atoms with Gasteiger partial charge in [-0.3, -0.25) is 4.79 Å². The van der Waals surface area contributed by atoms with Crippen molar-refractivity contribution in [2.24, 2.45) is 0 Å². The van der Waals surface area contributed by atoms with Crippen LogP contribution < -0.4 is 4.74 Å². The van der Waals surface area contributed by atoms with E-state index in [0.29, 0.717) is 12.8 Å². The van der Waals surface area contributed by atoms with E-state index in [2.05, 4.69) is 0 Å². The average molecular weight is 244 g/mol. The van der Waals surface area contributed by atoms with Gasteiger partial charge in [0.25, 0.3) is 0 Å². The smallest absolute Gasteiger partial charge is 0.420 e. The standard InChI is InChI=1S/C12H11F3O2/c1-17-10-6-5-7-8(3-2-4-9(7)16)11(10)12(13,14)15/h5-6H,2-4H2,1H3. The Bertz CT molecular complexity index is 464. The van der Waals surface area contributed by atoms with Crippen LogP contribution in [0.15, 0.2) is 12.1 Å². The van der Waals surface area contributed by atoms with Crippen molar-refractivity contribution >= 4 is 5.78 Å². The number of carbonyl (C=O) groups excluding carboxylic acids is 1. The number of methoxy groups -OCH3 is 1. The average Bonchev–Trinajstić information content (AvgIpc) is 2.26. The molecule has 0 saturated heterocycles. The van der Waals surface area contributed by atoms with Gasteiger partial charge in [-0.2, -0.15) is 13.2 Å². The van der Waals surface area contributed by atoms with Crippen LogP contribution in [-0.2, 0) is 12.6 Å². The molecule has 0 radical (unpaired) electrons. The van der Waals surface area contributed by atoms with Crippen LogP contribution in [0, 0.1) is 0 Å². The number of rotatable bonds is 1. The molecule has 0 aromatic heterocycles. The van der Waals surface area contributed by atoms with Gasteiger partial charge >= 0.3 is 6.18 Å². The number of fused-ring (bicyclic) bond motifs is 1. The highest BCUT2D eigenvalue weighted by atomic mass is 19.4. The van der Waals surface area contributed by atoms with Gasteiger partial charge in [0.2, 0.25) is 0 Å². The summed E-state index contributed by atoms with van der Waals surface area (Å²) in [6.07, 6.45) is -3.44. The number of ketones is 1. The molecule has 0 aliphatic heterocycles. The number of halogens is 3. The zero-order chi connectivity index (χ0) is 12.6. The van der Waals surface area contributed by atoms with Gasteiger partial charge in [-0.05, 0) is 30.5 Å². The van der Waals surface area contributed by atoms with Crippen molar-refractivity contribution in [2.75, 3.05) is 7.11 Å². The van der Waals surface area contributed by atoms with E-state index in [-0.39, 0.29) is 29.1 Å².